The Hall–Kier alpha value is -1.68. The lowest BCUT2D eigenvalue weighted by Crippen LogP contribution is -2.16. The van der Waals surface area contributed by atoms with E-state index in [2.05, 4.69) is 11.7 Å². The van der Waals surface area contributed by atoms with E-state index in [1.165, 1.54) is 0 Å². The first-order valence-electron chi connectivity index (χ1n) is 4.87. The van der Waals surface area contributed by atoms with Crippen molar-refractivity contribution in [2.45, 2.75) is 13.0 Å². The molecule has 0 aromatic heterocycles. The van der Waals surface area contributed by atoms with Gasteiger partial charge in [0, 0.05) is 6.42 Å². The molecular weight excluding hydrogens is 208 g/mol. The minimum atomic E-state index is -0.690. The maximum Gasteiger partial charge on any atom is 0.339 e. The standard InChI is InChI=1S/C12H13O4/c1-2-11(13)16-12(14)9-15-8-10-6-4-3-5-7-10/h3-7H,1-2,8-9H2. The van der Waals surface area contributed by atoms with Crippen LogP contribution in [-0.4, -0.2) is 18.5 Å². The van der Waals surface area contributed by atoms with Crippen LogP contribution < -0.4 is 0 Å². The summed E-state index contributed by atoms with van der Waals surface area (Å²) in [4.78, 5) is 21.7. The van der Waals surface area contributed by atoms with Crippen LogP contribution in [0.25, 0.3) is 0 Å². The fraction of sp³-hybridized carbons (Fsp3) is 0.250. The van der Waals surface area contributed by atoms with Gasteiger partial charge >= 0.3 is 11.9 Å². The van der Waals surface area contributed by atoms with Gasteiger partial charge in [-0.2, -0.15) is 0 Å². The molecule has 4 heteroatoms. The molecule has 85 valence electrons. The van der Waals surface area contributed by atoms with Crippen molar-refractivity contribution in [3.05, 3.63) is 42.8 Å². The molecule has 4 nitrogen and oxygen atoms in total. The van der Waals surface area contributed by atoms with Gasteiger partial charge in [0.05, 0.1) is 6.61 Å². The molecule has 0 fully saturated rings. The molecule has 0 unspecified atom stereocenters. The number of rotatable bonds is 5. The van der Waals surface area contributed by atoms with Gasteiger partial charge in [0.25, 0.3) is 0 Å². The second-order valence-corrected chi connectivity index (χ2v) is 3.07. The monoisotopic (exact) mass is 221 g/mol. The van der Waals surface area contributed by atoms with E-state index < -0.39 is 11.9 Å². The number of ether oxygens (including phenoxy) is 2. The summed E-state index contributed by atoms with van der Waals surface area (Å²) in [5.41, 5.74) is 0.957. The van der Waals surface area contributed by atoms with E-state index in [0.29, 0.717) is 6.61 Å². The van der Waals surface area contributed by atoms with Gasteiger partial charge in [-0.1, -0.05) is 30.3 Å². The molecule has 1 rings (SSSR count). The molecular formula is C12H13O4. The molecule has 0 spiro atoms. The number of carbonyl (C=O) groups excluding carboxylic acids is 2. The van der Waals surface area contributed by atoms with Crippen molar-refractivity contribution < 1.29 is 19.1 Å². The van der Waals surface area contributed by atoms with Crippen LogP contribution in [0.3, 0.4) is 0 Å². The number of carbonyl (C=O) groups is 2. The van der Waals surface area contributed by atoms with Gasteiger partial charge in [0.15, 0.2) is 0 Å². The Morgan fingerprint density at radius 3 is 2.44 bits per heavy atom. The van der Waals surface area contributed by atoms with Crippen molar-refractivity contribution in [3.8, 4) is 0 Å². The Morgan fingerprint density at radius 2 is 1.81 bits per heavy atom. The van der Waals surface area contributed by atoms with Gasteiger partial charge in [0.1, 0.15) is 6.61 Å². The molecule has 0 N–H and O–H groups in total. The summed E-state index contributed by atoms with van der Waals surface area (Å²) < 4.78 is 9.45. The first kappa shape index (κ1) is 12.4. The highest BCUT2D eigenvalue weighted by molar-refractivity contribution is 5.86. The molecule has 0 amide bonds. The fourth-order valence-electron chi connectivity index (χ4n) is 1.03. The summed E-state index contributed by atoms with van der Waals surface area (Å²) in [6, 6.07) is 9.41. The van der Waals surface area contributed by atoms with Gasteiger partial charge in [-0.25, -0.2) is 4.79 Å². The summed E-state index contributed by atoms with van der Waals surface area (Å²) in [7, 11) is 0. The van der Waals surface area contributed by atoms with E-state index in [-0.39, 0.29) is 13.0 Å². The van der Waals surface area contributed by atoms with Crippen LogP contribution in [0.1, 0.15) is 12.0 Å². The Balaban J connectivity index is 2.21. The van der Waals surface area contributed by atoms with E-state index in [9.17, 15) is 9.59 Å². The highest BCUT2D eigenvalue weighted by Crippen LogP contribution is 2.00. The molecule has 1 radical (unpaired) electrons. The summed E-state index contributed by atoms with van der Waals surface area (Å²) in [6.45, 7) is 3.38. The molecule has 0 saturated heterocycles. The predicted molar refractivity (Wildman–Crippen MR) is 57.2 cm³/mol. The maximum absolute atomic E-state index is 11.0. The van der Waals surface area contributed by atoms with Crippen LogP contribution in [0.4, 0.5) is 0 Å². The van der Waals surface area contributed by atoms with Crippen molar-refractivity contribution in [2.24, 2.45) is 0 Å². The third-order valence-electron chi connectivity index (χ3n) is 1.76. The van der Waals surface area contributed by atoms with Crippen molar-refractivity contribution in [2.75, 3.05) is 6.61 Å². The van der Waals surface area contributed by atoms with Crippen molar-refractivity contribution in [1.82, 2.24) is 0 Å². The van der Waals surface area contributed by atoms with Gasteiger partial charge in [-0.3, -0.25) is 4.79 Å². The second kappa shape index (κ2) is 6.74. The number of benzene rings is 1. The molecule has 1 aromatic rings. The molecule has 0 heterocycles. The zero-order valence-corrected chi connectivity index (χ0v) is 8.85. The summed E-state index contributed by atoms with van der Waals surface area (Å²) in [5, 5.41) is 0. The highest BCUT2D eigenvalue weighted by atomic mass is 16.6. The molecule has 0 aliphatic heterocycles. The summed E-state index contributed by atoms with van der Waals surface area (Å²) in [6.07, 6.45) is -0.0651. The van der Waals surface area contributed by atoms with Crippen LogP contribution in [-0.2, 0) is 25.7 Å². The fourth-order valence-corrected chi connectivity index (χ4v) is 1.03. The van der Waals surface area contributed by atoms with Crippen molar-refractivity contribution >= 4 is 11.9 Å². The average molecular weight is 221 g/mol. The topological polar surface area (TPSA) is 52.6 Å². The minimum absolute atomic E-state index is 0.0651. The zero-order chi connectivity index (χ0) is 11.8. The highest BCUT2D eigenvalue weighted by Gasteiger charge is 2.08. The van der Waals surface area contributed by atoms with Crippen molar-refractivity contribution in [3.63, 3.8) is 0 Å². The van der Waals surface area contributed by atoms with Crippen LogP contribution in [0.15, 0.2) is 30.3 Å². The number of hydrogen-bond donors (Lipinski definition) is 0. The first-order valence-corrected chi connectivity index (χ1v) is 4.87. The lowest BCUT2D eigenvalue weighted by molar-refractivity contribution is -0.162. The van der Waals surface area contributed by atoms with E-state index >= 15 is 0 Å². The molecule has 0 atom stereocenters. The Morgan fingerprint density at radius 1 is 1.12 bits per heavy atom. The lowest BCUT2D eigenvalue weighted by Gasteiger charge is -2.03. The SMILES string of the molecule is [CH2]CC(=O)OC(=O)COCc1ccccc1. The van der Waals surface area contributed by atoms with Gasteiger partial charge in [-0.15, -0.1) is 0 Å². The molecule has 16 heavy (non-hydrogen) atoms. The minimum Gasteiger partial charge on any atom is -0.391 e. The lowest BCUT2D eigenvalue weighted by atomic mass is 10.2. The van der Waals surface area contributed by atoms with E-state index in [1.807, 2.05) is 30.3 Å². The molecule has 1 aromatic carbocycles. The zero-order valence-electron chi connectivity index (χ0n) is 8.85. The molecule has 0 saturated carbocycles. The molecule has 0 aliphatic rings. The normalized spacial score (nSPS) is 9.81. The van der Waals surface area contributed by atoms with Crippen LogP contribution >= 0.6 is 0 Å². The second-order valence-electron chi connectivity index (χ2n) is 3.07. The number of hydrogen-bond acceptors (Lipinski definition) is 4. The van der Waals surface area contributed by atoms with Gasteiger partial charge in [0.2, 0.25) is 0 Å². The van der Waals surface area contributed by atoms with Crippen LogP contribution in [0.2, 0.25) is 0 Å². The predicted octanol–water partition coefficient (Wildman–Crippen LogP) is 1.50. The Kier molecular flexibility index (Phi) is 5.22. The first-order chi connectivity index (χ1) is 7.72. The average Bonchev–Trinajstić information content (AvgIpc) is 2.30. The Bertz CT molecular complexity index is 345. The Labute approximate surface area is 94.2 Å². The largest absolute Gasteiger partial charge is 0.391 e. The van der Waals surface area contributed by atoms with Crippen LogP contribution in [0.5, 0.6) is 0 Å². The van der Waals surface area contributed by atoms with Gasteiger partial charge in [-0.05, 0) is 12.5 Å². The van der Waals surface area contributed by atoms with E-state index in [0.717, 1.165) is 5.56 Å². The third kappa shape index (κ3) is 4.70. The van der Waals surface area contributed by atoms with Gasteiger partial charge < -0.3 is 9.47 Å². The third-order valence-corrected chi connectivity index (χ3v) is 1.76. The quantitative estimate of drug-likeness (QED) is 0.558. The van der Waals surface area contributed by atoms with Crippen LogP contribution in [0, 0.1) is 6.92 Å². The van der Waals surface area contributed by atoms with E-state index in [1.54, 1.807) is 0 Å². The number of esters is 2. The summed E-state index contributed by atoms with van der Waals surface area (Å²) >= 11 is 0. The smallest absolute Gasteiger partial charge is 0.339 e. The van der Waals surface area contributed by atoms with Crippen molar-refractivity contribution in [1.29, 1.82) is 0 Å². The summed E-state index contributed by atoms with van der Waals surface area (Å²) in [5.74, 6) is -1.34. The van der Waals surface area contributed by atoms with E-state index in [4.69, 9.17) is 4.74 Å². The molecule has 0 aliphatic carbocycles. The maximum atomic E-state index is 11.0. The molecule has 0 bridgehead atoms.